The normalized spacial score (nSPS) is 10.7. The minimum absolute atomic E-state index is 0.0000327. The van der Waals surface area contributed by atoms with Crippen LogP contribution in [0.25, 0.3) is 0 Å². The van der Waals surface area contributed by atoms with E-state index < -0.39 is 10.8 Å². The molecule has 0 bridgehead atoms. The Hall–Kier alpha value is -2.64. The number of nitrogens with one attached hydrogen (secondary N) is 1. The van der Waals surface area contributed by atoms with E-state index in [4.69, 9.17) is 23.2 Å². The lowest BCUT2D eigenvalue weighted by Gasteiger charge is -2.03. The molecule has 118 valence electrons. The van der Waals surface area contributed by atoms with E-state index in [9.17, 15) is 20.0 Å². The maximum Gasteiger partial charge on any atom is 0.288 e. The summed E-state index contributed by atoms with van der Waals surface area (Å²) in [5.74, 6) is -0.922. The summed E-state index contributed by atoms with van der Waals surface area (Å²) in [7, 11) is 0. The number of nitro groups is 1. The lowest BCUT2D eigenvalue weighted by Crippen LogP contribution is -2.17. The van der Waals surface area contributed by atoms with Crippen molar-refractivity contribution < 1.29 is 14.8 Å². The number of phenols is 1. The zero-order valence-corrected chi connectivity index (χ0v) is 12.9. The second kappa shape index (κ2) is 7.08. The quantitative estimate of drug-likeness (QED) is 0.499. The second-order valence-corrected chi connectivity index (χ2v) is 5.17. The number of carbonyl (C=O) groups excluding carboxylic acids is 1. The number of hydrazone groups is 1. The molecule has 2 N–H and O–H groups in total. The standard InChI is InChI=1S/C14H9Cl2N3O4/c15-9-2-4-13(20)10(6-9)14(21)18-17-7-8-1-3-11(16)12(5-8)19(22)23/h1-7,20H,(H,18,21)/b17-7-. The predicted octanol–water partition coefficient (Wildman–Crippen LogP) is 3.37. The number of hydrogen-bond acceptors (Lipinski definition) is 5. The molecule has 2 rings (SSSR count). The summed E-state index contributed by atoms with van der Waals surface area (Å²) in [6.45, 7) is 0. The van der Waals surface area contributed by atoms with Crippen molar-refractivity contribution in [2.45, 2.75) is 0 Å². The summed E-state index contributed by atoms with van der Waals surface area (Å²) >= 11 is 11.4. The molecule has 0 aromatic heterocycles. The van der Waals surface area contributed by atoms with Gasteiger partial charge >= 0.3 is 0 Å². The first kappa shape index (κ1) is 16.7. The van der Waals surface area contributed by atoms with Gasteiger partial charge in [-0.2, -0.15) is 5.10 Å². The number of halogens is 2. The van der Waals surface area contributed by atoms with Crippen molar-refractivity contribution in [1.82, 2.24) is 5.43 Å². The largest absolute Gasteiger partial charge is 0.507 e. The topological polar surface area (TPSA) is 105 Å². The molecule has 0 aliphatic carbocycles. The molecule has 0 unspecified atom stereocenters. The summed E-state index contributed by atoms with van der Waals surface area (Å²) in [6.07, 6.45) is 1.21. The third-order valence-electron chi connectivity index (χ3n) is 2.75. The average Bonchev–Trinajstić information content (AvgIpc) is 2.51. The van der Waals surface area contributed by atoms with Gasteiger partial charge in [0.05, 0.1) is 16.7 Å². The molecule has 0 heterocycles. The van der Waals surface area contributed by atoms with Gasteiger partial charge in [0.15, 0.2) is 0 Å². The van der Waals surface area contributed by atoms with Crippen LogP contribution in [-0.2, 0) is 0 Å². The van der Waals surface area contributed by atoms with Crippen LogP contribution in [0.3, 0.4) is 0 Å². The van der Waals surface area contributed by atoms with Crippen LogP contribution in [0.15, 0.2) is 41.5 Å². The molecule has 7 nitrogen and oxygen atoms in total. The van der Waals surface area contributed by atoms with Crippen LogP contribution in [0.2, 0.25) is 10.0 Å². The minimum Gasteiger partial charge on any atom is -0.507 e. The minimum atomic E-state index is -0.676. The molecule has 1 amide bonds. The van der Waals surface area contributed by atoms with E-state index in [-0.39, 0.29) is 27.0 Å². The van der Waals surface area contributed by atoms with Crippen LogP contribution in [0.4, 0.5) is 5.69 Å². The summed E-state index contributed by atoms with van der Waals surface area (Å²) in [5.41, 5.74) is 2.25. The van der Waals surface area contributed by atoms with Crippen LogP contribution >= 0.6 is 23.2 Å². The Kier molecular flexibility index (Phi) is 5.15. The van der Waals surface area contributed by atoms with Crippen molar-refractivity contribution in [2.75, 3.05) is 0 Å². The highest BCUT2D eigenvalue weighted by atomic mass is 35.5. The molecular weight excluding hydrogens is 345 g/mol. The lowest BCUT2D eigenvalue weighted by atomic mass is 10.2. The number of nitrogens with zero attached hydrogens (tertiary/aromatic N) is 2. The van der Waals surface area contributed by atoms with Crippen molar-refractivity contribution >= 4 is 41.0 Å². The molecule has 0 spiro atoms. The zero-order valence-electron chi connectivity index (χ0n) is 11.4. The van der Waals surface area contributed by atoms with Gasteiger partial charge in [-0.05, 0) is 24.3 Å². The summed E-state index contributed by atoms with van der Waals surface area (Å²) < 4.78 is 0. The third-order valence-corrected chi connectivity index (χ3v) is 3.30. The average molecular weight is 354 g/mol. The summed E-state index contributed by atoms with van der Waals surface area (Å²) in [4.78, 5) is 22.0. The first-order valence-electron chi connectivity index (χ1n) is 6.14. The SMILES string of the molecule is O=C(N/N=C\c1ccc(Cl)c([N+](=O)[O-])c1)c1cc(Cl)ccc1O. The van der Waals surface area contributed by atoms with E-state index in [2.05, 4.69) is 10.5 Å². The van der Waals surface area contributed by atoms with Crippen molar-refractivity contribution in [3.63, 3.8) is 0 Å². The van der Waals surface area contributed by atoms with Gasteiger partial charge in [-0.1, -0.05) is 29.3 Å². The molecule has 0 fully saturated rings. The summed E-state index contributed by atoms with van der Waals surface area (Å²) in [6, 6.07) is 8.07. The van der Waals surface area contributed by atoms with Crippen LogP contribution in [0, 0.1) is 10.1 Å². The number of hydrogen-bond donors (Lipinski definition) is 2. The molecular formula is C14H9Cl2N3O4. The molecule has 23 heavy (non-hydrogen) atoms. The van der Waals surface area contributed by atoms with Gasteiger partial charge in [0.25, 0.3) is 11.6 Å². The molecule has 0 saturated carbocycles. The second-order valence-electron chi connectivity index (χ2n) is 4.33. The van der Waals surface area contributed by atoms with E-state index in [0.717, 1.165) is 0 Å². The van der Waals surface area contributed by atoms with E-state index in [1.165, 1.54) is 42.6 Å². The van der Waals surface area contributed by atoms with Gasteiger partial charge in [-0.3, -0.25) is 14.9 Å². The smallest absolute Gasteiger partial charge is 0.288 e. The fourth-order valence-electron chi connectivity index (χ4n) is 1.67. The van der Waals surface area contributed by atoms with Gasteiger partial charge in [0.1, 0.15) is 10.8 Å². The maximum absolute atomic E-state index is 11.9. The third kappa shape index (κ3) is 4.18. The molecule has 9 heteroatoms. The molecule has 2 aromatic carbocycles. The van der Waals surface area contributed by atoms with Crippen LogP contribution in [-0.4, -0.2) is 22.2 Å². The molecule has 0 atom stereocenters. The van der Waals surface area contributed by atoms with Crippen molar-refractivity contribution in [3.8, 4) is 5.75 Å². The van der Waals surface area contributed by atoms with Gasteiger partial charge in [-0.25, -0.2) is 5.43 Å². The van der Waals surface area contributed by atoms with Crippen molar-refractivity contribution in [3.05, 3.63) is 67.7 Å². The molecule has 0 aliphatic rings. The highest BCUT2D eigenvalue weighted by molar-refractivity contribution is 6.32. The monoisotopic (exact) mass is 353 g/mol. The van der Waals surface area contributed by atoms with E-state index in [0.29, 0.717) is 5.56 Å². The van der Waals surface area contributed by atoms with E-state index >= 15 is 0 Å². The van der Waals surface area contributed by atoms with Crippen LogP contribution in [0.1, 0.15) is 15.9 Å². The number of phenolic OH excluding ortho intramolecular Hbond substituents is 1. The Bertz CT molecular complexity index is 809. The van der Waals surface area contributed by atoms with E-state index in [1.54, 1.807) is 0 Å². The Balaban J connectivity index is 2.13. The van der Waals surface area contributed by atoms with Gasteiger partial charge < -0.3 is 5.11 Å². The number of rotatable bonds is 4. The first-order chi connectivity index (χ1) is 10.9. The van der Waals surface area contributed by atoms with E-state index in [1.807, 2.05) is 0 Å². The van der Waals surface area contributed by atoms with Gasteiger partial charge in [0.2, 0.25) is 0 Å². The Morgan fingerprint density at radius 1 is 1.26 bits per heavy atom. The number of nitro benzene ring substituents is 1. The van der Waals surface area contributed by atoms with Crippen LogP contribution in [0.5, 0.6) is 5.75 Å². The first-order valence-corrected chi connectivity index (χ1v) is 6.90. The highest BCUT2D eigenvalue weighted by Crippen LogP contribution is 2.24. The zero-order chi connectivity index (χ0) is 17.0. The Morgan fingerprint density at radius 3 is 2.70 bits per heavy atom. The summed E-state index contributed by atoms with van der Waals surface area (Å²) in [5, 5.41) is 24.3. The highest BCUT2D eigenvalue weighted by Gasteiger charge is 2.13. The Labute approximate surface area is 140 Å². The molecule has 0 radical (unpaired) electrons. The number of aromatic hydroxyl groups is 1. The van der Waals surface area contributed by atoms with Crippen molar-refractivity contribution in [1.29, 1.82) is 0 Å². The van der Waals surface area contributed by atoms with Gasteiger partial charge in [0, 0.05) is 16.7 Å². The lowest BCUT2D eigenvalue weighted by molar-refractivity contribution is -0.384. The molecule has 0 saturated heterocycles. The fourth-order valence-corrected chi connectivity index (χ4v) is 2.02. The van der Waals surface area contributed by atoms with Crippen molar-refractivity contribution in [2.24, 2.45) is 5.10 Å². The Morgan fingerprint density at radius 2 is 2.00 bits per heavy atom. The maximum atomic E-state index is 11.9. The fraction of sp³-hybridized carbons (Fsp3) is 0. The van der Waals surface area contributed by atoms with Gasteiger partial charge in [-0.15, -0.1) is 0 Å². The predicted molar refractivity (Wildman–Crippen MR) is 86.3 cm³/mol. The molecule has 2 aromatic rings. The number of carbonyl (C=O) groups is 1. The van der Waals surface area contributed by atoms with Crippen LogP contribution < -0.4 is 5.43 Å². The number of amides is 1. The molecule has 0 aliphatic heterocycles. The number of benzene rings is 2.